The molecule has 0 amide bonds. The van der Waals surface area contributed by atoms with Crippen LogP contribution in [0.4, 0.5) is 0 Å². The Bertz CT molecular complexity index is 380. The highest BCUT2D eigenvalue weighted by molar-refractivity contribution is 7.47. The maximum Gasteiger partial charge on any atom is 0.527 e. The van der Waals surface area contributed by atoms with Gasteiger partial charge in [0.1, 0.15) is 5.75 Å². The zero-order chi connectivity index (χ0) is 10.8. The first-order chi connectivity index (χ1) is 6.44. The van der Waals surface area contributed by atoms with E-state index in [0.29, 0.717) is 0 Å². The second-order valence-electron chi connectivity index (χ2n) is 2.68. The monoisotopic (exact) mass is 236 g/mol. The quantitative estimate of drug-likeness (QED) is 0.820. The molecule has 1 unspecified atom stereocenters. The minimum Gasteiger partial charge on any atom is -0.403 e. The Morgan fingerprint density at radius 3 is 2.64 bits per heavy atom. The topological polar surface area (TPSA) is 55.8 Å². The number of rotatable bonds is 3. The summed E-state index contributed by atoms with van der Waals surface area (Å²) in [6.45, 7) is 1.85. The molecule has 0 aromatic heterocycles. The summed E-state index contributed by atoms with van der Waals surface area (Å²) in [5, 5.41) is 0.274. The van der Waals surface area contributed by atoms with Crippen LogP contribution in [0.5, 0.6) is 5.75 Å². The van der Waals surface area contributed by atoms with Gasteiger partial charge in [0.2, 0.25) is 0 Å². The van der Waals surface area contributed by atoms with E-state index in [1.54, 1.807) is 12.1 Å². The Labute approximate surface area is 87.0 Å². The van der Waals surface area contributed by atoms with E-state index in [4.69, 9.17) is 21.0 Å². The molecule has 0 spiro atoms. The maximum atomic E-state index is 11.0. The van der Waals surface area contributed by atoms with Crippen molar-refractivity contribution in [2.75, 3.05) is 7.11 Å². The van der Waals surface area contributed by atoms with Gasteiger partial charge in [0, 0.05) is 7.11 Å². The van der Waals surface area contributed by atoms with Crippen LogP contribution < -0.4 is 4.52 Å². The van der Waals surface area contributed by atoms with E-state index in [-0.39, 0.29) is 10.8 Å². The van der Waals surface area contributed by atoms with Crippen LogP contribution >= 0.6 is 19.4 Å². The summed E-state index contributed by atoms with van der Waals surface area (Å²) in [6.07, 6.45) is 0. The first-order valence-electron chi connectivity index (χ1n) is 3.79. The molecule has 0 aliphatic heterocycles. The summed E-state index contributed by atoms with van der Waals surface area (Å²) in [5.74, 6) is 0.130. The Hall–Kier alpha value is -0.540. The van der Waals surface area contributed by atoms with Gasteiger partial charge in [-0.3, -0.25) is 9.42 Å². The molecular weight excluding hydrogens is 227 g/mol. The van der Waals surface area contributed by atoms with Crippen molar-refractivity contribution in [2.24, 2.45) is 0 Å². The van der Waals surface area contributed by atoms with Crippen molar-refractivity contribution in [3.63, 3.8) is 0 Å². The molecule has 4 nitrogen and oxygen atoms in total. The van der Waals surface area contributed by atoms with Gasteiger partial charge >= 0.3 is 7.82 Å². The molecule has 0 aliphatic rings. The normalized spacial score (nSPS) is 14.9. The van der Waals surface area contributed by atoms with Crippen molar-refractivity contribution < 1.29 is 18.5 Å². The zero-order valence-corrected chi connectivity index (χ0v) is 9.38. The molecule has 0 aliphatic carbocycles. The Morgan fingerprint density at radius 1 is 1.50 bits per heavy atom. The number of halogens is 1. The minimum absolute atomic E-state index is 0.130. The minimum atomic E-state index is -4.02. The fraction of sp³-hybridized carbons (Fsp3) is 0.250. The van der Waals surface area contributed by atoms with Crippen molar-refractivity contribution in [2.45, 2.75) is 6.92 Å². The SMILES string of the molecule is COP(=O)(O)Oc1ccc(C)cc1Cl. The molecule has 0 radical (unpaired) electrons. The molecule has 1 aromatic rings. The highest BCUT2D eigenvalue weighted by atomic mass is 35.5. The van der Waals surface area contributed by atoms with Gasteiger partial charge in [-0.1, -0.05) is 17.7 Å². The van der Waals surface area contributed by atoms with Gasteiger partial charge < -0.3 is 4.52 Å². The fourth-order valence-corrected chi connectivity index (χ4v) is 1.65. The summed E-state index contributed by atoms with van der Waals surface area (Å²) in [6, 6.07) is 4.86. The summed E-state index contributed by atoms with van der Waals surface area (Å²) in [4.78, 5) is 9.02. The van der Waals surface area contributed by atoms with Crippen LogP contribution in [0.2, 0.25) is 5.02 Å². The van der Waals surface area contributed by atoms with Crippen LogP contribution in [0.1, 0.15) is 5.56 Å². The number of hydrogen-bond acceptors (Lipinski definition) is 3. The summed E-state index contributed by atoms with van der Waals surface area (Å²) >= 11 is 5.78. The summed E-state index contributed by atoms with van der Waals surface area (Å²) < 4.78 is 20.0. The third-order valence-corrected chi connectivity index (χ3v) is 2.72. The molecule has 78 valence electrons. The molecule has 1 aromatic carbocycles. The van der Waals surface area contributed by atoms with Crippen molar-refractivity contribution in [1.29, 1.82) is 0 Å². The van der Waals surface area contributed by atoms with Crippen LogP contribution in [-0.4, -0.2) is 12.0 Å². The van der Waals surface area contributed by atoms with E-state index >= 15 is 0 Å². The van der Waals surface area contributed by atoms with Crippen LogP contribution in [0, 0.1) is 6.92 Å². The van der Waals surface area contributed by atoms with Gasteiger partial charge in [0.25, 0.3) is 0 Å². The van der Waals surface area contributed by atoms with E-state index in [2.05, 4.69) is 4.52 Å². The first-order valence-corrected chi connectivity index (χ1v) is 5.66. The van der Waals surface area contributed by atoms with Crippen molar-refractivity contribution in [3.05, 3.63) is 28.8 Å². The molecule has 1 atom stereocenters. The third-order valence-electron chi connectivity index (χ3n) is 1.53. The van der Waals surface area contributed by atoms with Gasteiger partial charge in [0.15, 0.2) is 0 Å². The Balaban J connectivity index is 2.93. The standard InChI is InChI=1S/C8H10ClO4P/c1-6-3-4-8(7(9)5-6)13-14(10,11)12-2/h3-5H,1-2H3,(H,10,11). The molecular formula is C8H10ClO4P. The zero-order valence-electron chi connectivity index (χ0n) is 7.73. The van der Waals surface area contributed by atoms with Gasteiger partial charge in [0.05, 0.1) is 5.02 Å². The lowest BCUT2D eigenvalue weighted by atomic mass is 10.2. The van der Waals surface area contributed by atoms with E-state index in [9.17, 15) is 4.57 Å². The molecule has 0 saturated carbocycles. The smallest absolute Gasteiger partial charge is 0.403 e. The van der Waals surface area contributed by atoms with Crippen LogP contribution in [0.25, 0.3) is 0 Å². The van der Waals surface area contributed by atoms with Crippen molar-refractivity contribution in [3.8, 4) is 5.75 Å². The average Bonchev–Trinajstić information content (AvgIpc) is 2.10. The molecule has 1 rings (SSSR count). The summed E-state index contributed by atoms with van der Waals surface area (Å²) in [5.41, 5.74) is 0.938. The van der Waals surface area contributed by atoms with Gasteiger partial charge in [-0.15, -0.1) is 0 Å². The van der Waals surface area contributed by atoms with Crippen LogP contribution in [-0.2, 0) is 9.09 Å². The lowest BCUT2D eigenvalue weighted by molar-refractivity contribution is 0.243. The molecule has 0 bridgehead atoms. The average molecular weight is 237 g/mol. The van der Waals surface area contributed by atoms with Gasteiger partial charge in [-0.25, -0.2) is 4.57 Å². The third kappa shape index (κ3) is 3.00. The van der Waals surface area contributed by atoms with Crippen LogP contribution in [0.15, 0.2) is 18.2 Å². The number of phosphoric acid groups is 1. The van der Waals surface area contributed by atoms with Crippen molar-refractivity contribution in [1.82, 2.24) is 0 Å². The Morgan fingerprint density at radius 2 is 2.14 bits per heavy atom. The lowest BCUT2D eigenvalue weighted by Crippen LogP contribution is -1.94. The van der Waals surface area contributed by atoms with E-state index in [1.165, 1.54) is 6.07 Å². The Kier molecular flexibility index (Phi) is 3.56. The molecule has 6 heteroatoms. The molecule has 0 heterocycles. The number of hydrogen-bond donors (Lipinski definition) is 1. The number of phosphoric ester groups is 1. The predicted molar refractivity (Wildman–Crippen MR) is 53.7 cm³/mol. The fourth-order valence-electron chi connectivity index (χ4n) is 0.841. The second-order valence-corrected chi connectivity index (χ2v) is 4.57. The highest BCUT2D eigenvalue weighted by Gasteiger charge is 2.21. The predicted octanol–water partition coefficient (Wildman–Crippen LogP) is 2.77. The second kappa shape index (κ2) is 4.32. The van der Waals surface area contributed by atoms with E-state index < -0.39 is 7.82 Å². The lowest BCUT2D eigenvalue weighted by Gasteiger charge is -2.11. The van der Waals surface area contributed by atoms with Crippen LogP contribution in [0.3, 0.4) is 0 Å². The van der Waals surface area contributed by atoms with Gasteiger partial charge in [-0.2, -0.15) is 0 Å². The molecule has 14 heavy (non-hydrogen) atoms. The number of benzene rings is 1. The van der Waals surface area contributed by atoms with E-state index in [0.717, 1.165) is 12.7 Å². The maximum absolute atomic E-state index is 11.0. The van der Waals surface area contributed by atoms with Gasteiger partial charge in [-0.05, 0) is 24.6 Å². The molecule has 1 N–H and O–H groups in total. The highest BCUT2D eigenvalue weighted by Crippen LogP contribution is 2.44. The number of aryl methyl sites for hydroxylation is 1. The molecule has 0 fully saturated rings. The molecule has 0 saturated heterocycles. The van der Waals surface area contributed by atoms with Crippen molar-refractivity contribution >= 4 is 19.4 Å². The summed E-state index contributed by atoms with van der Waals surface area (Å²) in [7, 11) is -2.94. The van der Waals surface area contributed by atoms with E-state index in [1.807, 2.05) is 6.92 Å². The largest absolute Gasteiger partial charge is 0.527 e. The first kappa shape index (κ1) is 11.5.